The topological polar surface area (TPSA) is 46.1 Å². The molecular weight excluding hydrogens is 385 g/mol. The first-order valence-corrected chi connectivity index (χ1v) is 7.55. The average molecular weight is 411 g/mol. The van der Waals surface area contributed by atoms with E-state index in [0.29, 0.717) is 0 Å². The Morgan fingerprint density at radius 2 is 0.913 bits per heavy atom. The van der Waals surface area contributed by atoms with Crippen LogP contribution in [0.5, 0.6) is 11.5 Å². The van der Waals surface area contributed by atoms with E-state index >= 15 is 0 Å². The molecule has 0 saturated carbocycles. The molecule has 120 valence electrons. The molecule has 0 heterocycles. The number of hydrogen-bond acceptors (Lipinski definition) is 2. The van der Waals surface area contributed by atoms with Gasteiger partial charge in [0.1, 0.15) is 0 Å². The maximum absolute atomic E-state index is 10.9. The molecule has 0 spiro atoms. The van der Waals surface area contributed by atoms with Crippen LogP contribution in [0, 0.1) is 0 Å². The molecule has 0 bridgehead atoms. The standard InChI is InChI=1S/2C10H14O.Cd/c2*1-10(2,3)8-5-4-6-9(11)7-8;/h2*4-7,11H,1-3H3;/q;;+2/p-2. The number of benzene rings is 2. The fourth-order valence-electron chi connectivity index (χ4n) is 1.93. The Morgan fingerprint density at radius 1 is 0.609 bits per heavy atom. The molecule has 3 heteroatoms. The first-order chi connectivity index (χ1) is 10.00. The molecule has 0 saturated heterocycles. The summed E-state index contributed by atoms with van der Waals surface area (Å²) in [6.45, 7) is 12.6. The molecule has 2 rings (SSSR count). The van der Waals surface area contributed by atoms with E-state index in [4.69, 9.17) is 0 Å². The van der Waals surface area contributed by atoms with E-state index in [2.05, 4.69) is 41.5 Å². The van der Waals surface area contributed by atoms with Gasteiger partial charge in [0.05, 0.1) is 0 Å². The van der Waals surface area contributed by atoms with Gasteiger partial charge in [-0.15, -0.1) is 11.5 Å². The Hall–Kier alpha value is -1.04. The fourth-order valence-corrected chi connectivity index (χ4v) is 1.93. The Kier molecular flexibility index (Phi) is 8.32. The third-order valence-electron chi connectivity index (χ3n) is 3.40. The van der Waals surface area contributed by atoms with Crippen molar-refractivity contribution in [3.8, 4) is 11.5 Å². The van der Waals surface area contributed by atoms with Crippen LogP contribution in [-0.4, -0.2) is 0 Å². The zero-order valence-corrected chi connectivity index (χ0v) is 19.2. The van der Waals surface area contributed by atoms with Crippen LogP contribution < -0.4 is 10.2 Å². The summed E-state index contributed by atoms with van der Waals surface area (Å²) in [4.78, 5) is 0. The Labute approximate surface area is 160 Å². The van der Waals surface area contributed by atoms with E-state index in [0.717, 1.165) is 11.1 Å². The van der Waals surface area contributed by atoms with E-state index in [-0.39, 0.29) is 49.6 Å². The Bertz CT molecular complexity index is 552. The normalized spacial score (nSPS) is 11.0. The third-order valence-corrected chi connectivity index (χ3v) is 3.40. The van der Waals surface area contributed by atoms with Crippen LogP contribution >= 0.6 is 0 Å². The monoisotopic (exact) mass is 412 g/mol. The van der Waals surface area contributed by atoms with Crippen LogP contribution in [0.1, 0.15) is 52.7 Å². The van der Waals surface area contributed by atoms with Gasteiger partial charge >= 0.3 is 27.3 Å². The molecule has 0 amide bonds. The maximum Gasteiger partial charge on any atom is 2.00 e. The van der Waals surface area contributed by atoms with E-state index in [9.17, 15) is 10.2 Å². The molecule has 0 aliphatic heterocycles. The van der Waals surface area contributed by atoms with Crippen molar-refractivity contribution in [2.45, 2.75) is 52.4 Å². The Morgan fingerprint density at radius 3 is 1.09 bits per heavy atom. The molecule has 0 radical (unpaired) electrons. The minimum Gasteiger partial charge on any atom is -0.872 e. The molecule has 2 aromatic rings. The summed E-state index contributed by atoms with van der Waals surface area (Å²) in [5.74, 6) is 0.190. The summed E-state index contributed by atoms with van der Waals surface area (Å²) in [6, 6.07) is 14.1. The SMILES string of the molecule is CC(C)(C)c1cccc([O-])c1.CC(C)(C)c1cccc([O-])c1.[Cd+2]. The van der Waals surface area contributed by atoms with Crippen molar-refractivity contribution in [3.05, 3.63) is 59.7 Å². The second kappa shape index (κ2) is 8.71. The zero-order valence-electron chi connectivity index (χ0n) is 15.1. The zero-order chi connectivity index (χ0) is 17.0. The van der Waals surface area contributed by atoms with Gasteiger partial charge in [0, 0.05) is 0 Å². The van der Waals surface area contributed by atoms with Crippen LogP contribution in [0.25, 0.3) is 0 Å². The van der Waals surface area contributed by atoms with Gasteiger partial charge in [-0.1, -0.05) is 90.1 Å². The van der Waals surface area contributed by atoms with E-state index in [1.54, 1.807) is 24.3 Å². The minimum absolute atomic E-state index is 0. The molecule has 2 aromatic carbocycles. The molecule has 2 nitrogen and oxygen atoms in total. The van der Waals surface area contributed by atoms with Crippen LogP contribution in [0.15, 0.2) is 48.5 Å². The first-order valence-electron chi connectivity index (χ1n) is 7.55. The van der Waals surface area contributed by atoms with Crippen molar-refractivity contribution in [1.29, 1.82) is 0 Å². The molecule has 0 N–H and O–H groups in total. The molecule has 23 heavy (non-hydrogen) atoms. The van der Waals surface area contributed by atoms with Crippen molar-refractivity contribution >= 4 is 0 Å². The molecule has 0 aromatic heterocycles. The summed E-state index contributed by atoms with van der Waals surface area (Å²) in [5, 5.41) is 21.9. The smallest absolute Gasteiger partial charge is 0.872 e. The van der Waals surface area contributed by atoms with Crippen molar-refractivity contribution in [2.24, 2.45) is 0 Å². The van der Waals surface area contributed by atoms with Crippen molar-refractivity contribution in [2.75, 3.05) is 0 Å². The second-order valence-electron chi connectivity index (χ2n) is 7.56. The largest absolute Gasteiger partial charge is 2.00 e. The fraction of sp³-hybridized carbons (Fsp3) is 0.400. The molecule has 0 aliphatic rings. The minimum atomic E-state index is 0. The summed E-state index contributed by atoms with van der Waals surface area (Å²) in [6.07, 6.45) is 0. The van der Waals surface area contributed by atoms with Crippen LogP contribution in [0.4, 0.5) is 0 Å². The third kappa shape index (κ3) is 7.86. The van der Waals surface area contributed by atoms with Crippen molar-refractivity contribution in [3.63, 3.8) is 0 Å². The van der Waals surface area contributed by atoms with E-state index < -0.39 is 0 Å². The van der Waals surface area contributed by atoms with Gasteiger partial charge in [-0.25, -0.2) is 0 Å². The van der Waals surface area contributed by atoms with Gasteiger partial charge in [-0.3, -0.25) is 0 Å². The molecule has 0 fully saturated rings. The molecular formula is C20H26CdO2. The number of hydrogen-bond donors (Lipinski definition) is 0. The van der Waals surface area contributed by atoms with Crippen molar-refractivity contribution in [1.82, 2.24) is 0 Å². The molecule has 0 unspecified atom stereocenters. The van der Waals surface area contributed by atoms with Gasteiger partial charge in [0.15, 0.2) is 0 Å². The van der Waals surface area contributed by atoms with Crippen molar-refractivity contribution < 1.29 is 37.5 Å². The summed E-state index contributed by atoms with van der Waals surface area (Å²) in [7, 11) is 0. The average Bonchev–Trinajstić information content (AvgIpc) is 2.37. The predicted molar refractivity (Wildman–Crippen MR) is 89.2 cm³/mol. The van der Waals surface area contributed by atoms with Gasteiger partial charge in [-0.05, 0) is 22.0 Å². The Balaban J connectivity index is 0.000000403. The van der Waals surface area contributed by atoms with Crippen LogP contribution in [-0.2, 0) is 38.1 Å². The van der Waals surface area contributed by atoms with Gasteiger partial charge < -0.3 is 10.2 Å². The second-order valence-corrected chi connectivity index (χ2v) is 7.56. The van der Waals surface area contributed by atoms with Gasteiger partial charge in [0.25, 0.3) is 0 Å². The summed E-state index contributed by atoms with van der Waals surface area (Å²) >= 11 is 0. The van der Waals surface area contributed by atoms with Gasteiger partial charge in [-0.2, -0.15) is 0 Å². The van der Waals surface area contributed by atoms with E-state index in [1.165, 1.54) is 0 Å². The molecule has 0 aliphatic carbocycles. The first kappa shape index (κ1) is 22.0. The molecule has 0 atom stereocenters. The van der Waals surface area contributed by atoms with Gasteiger partial charge in [0.2, 0.25) is 0 Å². The van der Waals surface area contributed by atoms with Crippen LogP contribution in [0.2, 0.25) is 0 Å². The van der Waals surface area contributed by atoms with Crippen LogP contribution in [0.3, 0.4) is 0 Å². The quantitative estimate of drug-likeness (QED) is 0.613. The summed E-state index contributed by atoms with van der Waals surface area (Å²) in [5.41, 5.74) is 2.37. The predicted octanol–water partition coefficient (Wildman–Crippen LogP) is 4.11. The number of rotatable bonds is 0. The summed E-state index contributed by atoms with van der Waals surface area (Å²) < 4.78 is 0. The van der Waals surface area contributed by atoms with E-state index in [1.807, 2.05) is 24.3 Å². The maximum atomic E-state index is 10.9.